The molecule has 0 bridgehead atoms. The van der Waals surface area contributed by atoms with Gasteiger partial charge in [0.05, 0.1) is 38.5 Å². The normalized spacial score (nSPS) is 16.4. The van der Waals surface area contributed by atoms with Crippen LogP contribution in [0.5, 0.6) is 11.5 Å². The fourth-order valence-corrected chi connectivity index (χ4v) is 14.2. The van der Waals surface area contributed by atoms with Gasteiger partial charge in [-0.15, -0.1) is 15.9 Å². The van der Waals surface area contributed by atoms with E-state index in [9.17, 15) is 4.11 Å². The highest BCUT2D eigenvalue weighted by molar-refractivity contribution is 7.22. The Hall–Kier alpha value is -6.64. The molecule has 1 spiro atoms. The van der Waals surface area contributed by atoms with Gasteiger partial charge in [-0.1, -0.05) is 140 Å². The lowest BCUT2D eigenvalue weighted by Gasteiger charge is -2.34. The van der Waals surface area contributed by atoms with E-state index in [1.54, 1.807) is 11.3 Å². The van der Waals surface area contributed by atoms with Crippen LogP contribution in [0.4, 0.5) is 0 Å². The number of imidazole rings is 2. The Morgan fingerprint density at radius 1 is 0.622 bits per heavy atom. The Morgan fingerprint density at radius 3 is 1.88 bits per heavy atom. The molecule has 7 nitrogen and oxygen atoms in total. The van der Waals surface area contributed by atoms with Crippen molar-refractivity contribution in [3.8, 4) is 50.3 Å². The zero-order valence-corrected chi connectivity index (χ0v) is 46.5. The van der Waals surface area contributed by atoms with Crippen LogP contribution in [0.1, 0.15) is 199 Å². The molecule has 3 aliphatic rings. The number of hydrogen-bond acceptors (Lipinski definition) is 4. The second kappa shape index (κ2) is 15.9. The zero-order chi connectivity index (χ0) is 54.4. The topological polar surface area (TPSA) is 52.1 Å². The maximum Gasteiger partial charge on any atom is 0.375 e. The Kier molecular flexibility index (Phi) is 9.42. The second-order valence-corrected chi connectivity index (χ2v) is 25.5. The fourth-order valence-electron chi connectivity index (χ4n) is 13.0. The Labute approximate surface area is 444 Å². The molecule has 10 aromatic rings. The van der Waals surface area contributed by atoms with Gasteiger partial charge in [-0.3, -0.25) is 4.40 Å². The van der Waals surface area contributed by atoms with E-state index in [1.807, 2.05) is 6.20 Å². The van der Waals surface area contributed by atoms with Gasteiger partial charge >= 0.3 is 11.4 Å². The average Bonchev–Trinajstić information content (AvgIpc) is 3.13. The van der Waals surface area contributed by atoms with Gasteiger partial charge < -0.3 is 4.74 Å². The van der Waals surface area contributed by atoms with Crippen LogP contribution >= 0.6 is 11.3 Å². The van der Waals surface area contributed by atoms with E-state index in [4.69, 9.17) is 14.7 Å². The summed E-state index contributed by atoms with van der Waals surface area (Å²) in [7, 11) is 0. The minimum absolute atomic E-state index is 0.270. The number of nitrogens with zero attached hydrogens (tertiary/aromatic N) is 6. The number of benzene rings is 5. The molecule has 374 valence electrons. The van der Waals surface area contributed by atoms with Gasteiger partial charge in [0.15, 0.2) is 17.3 Å². The molecule has 8 heteroatoms. The van der Waals surface area contributed by atoms with Gasteiger partial charge in [0, 0.05) is 33.4 Å². The summed E-state index contributed by atoms with van der Waals surface area (Å²) < 4.78 is 45.3. The minimum Gasteiger partial charge on any atom is -0.456 e. The molecule has 8 heterocycles. The third-order valence-corrected chi connectivity index (χ3v) is 17.8. The van der Waals surface area contributed by atoms with Crippen molar-refractivity contribution in [1.29, 1.82) is 0 Å². The van der Waals surface area contributed by atoms with Crippen molar-refractivity contribution in [3.63, 3.8) is 0 Å². The van der Waals surface area contributed by atoms with Crippen LogP contribution in [-0.4, -0.2) is 18.9 Å². The quantitative estimate of drug-likeness (QED) is 0.143. The maximum atomic E-state index is 9.21. The number of fused-ring (bicyclic) bond motifs is 11. The van der Waals surface area contributed by atoms with E-state index in [0.29, 0.717) is 40.7 Å². The lowest BCUT2D eigenvalue weighted by atomic mass is 9.82. The first-order valence-corrected chi connectivity index (χ1v) is 27.9. The molecule has 0 fully saturated rings. The SMILES string of the molecule is [2H]C([2H])([2H])c1c[n+]2c(cc1C(C)(C)C)-c1c3c(cc4nc(-c5c(C(C)C)cc(C(C)C)cc5C(C)C)sc14)Oc1ccc4c5c1C32[n+]1ccccc1-n5c1nc2ccc(-c3c(C(C)C)cc(C(C)C)cc3C(C)C)cc2n41. The molecular weight excluding hydrogens is 925 g/mol. The smallest absolute Gasteiger partial charge is 0.375 e. The van der Waals surface area contributed by atoms with E-state index in [0.717, 1.165) is 76.8 Å². The number of aromatic nitrogens is 6. The van der Waals surface area contributed by atoms with Crippen LogP contribution in [0, 0.1) is 6.85 Å². The molecule has 1 atom stereocenters. The summed E-state index contributed by atoms with van der Waals surface area (Å²) in [6.45, 7) is 31.5. The first-order chi connectivity index (χ1) is 36.4. The first kappa shape index (κ1) is 43.7. The average molecular weight is 998 g/mol. The van der Waals surface area contributed by atoms with Gasteiger partial charge in [-0.25, -0.2) is 4.98 Å². The van der Waals surface area contributed by atoms with E-state index in [1.165, 1.54) is 50.1 Å². The monoisotopic (exact) mass is 998 g/mol. The molecule has 0 amide bonds. The predicted octanol–water partition coefficient (Wildman–Crippen LogP) is 17.0. The summed E-state index contributed by atoms with van der Waals surface area (Å²) in [5.41, 5.74) is 19.9. The summed E-state index contributed by atoms with van der Waals surface area (Å²) in [4.78, 5) is 11.2. The molecule has 0 N–H and O–H groups in total. The van der Waals surface area contributed by atoms with Gasteiger partial charge in [-0.05, 0) is 128 Å². The lowest BCUT2D eigenvalue weighted by Crippen LogP contribution is -2.75. The van der Waals surface area contributed by atoms with Crippen LogP contribution < -0.4 is 13.9 Å². The highest BCUT2D eigenvalue weighted by Crippen LogP contribution is 2.59. The van der Waals surface area contributed by atoms with Gasteiger partial charge in [0.2, 0.25) is 5.69 Å². The molecule has 0 radical (unpaired) electrons. The highest BCUT2D eigenvalue weighted by Gasteiger charge is 2.68. The lowest BCUT2D eigenvalue weighted by molar-refractivity contribution is -0.961. The van der Waals surface area contributed by atoms with Crippen molar-refractivity contribution in [3.05, 3.63) is 153 Å². The van der Waals surface area contributed by atoms with Gasteiger partial charge in [-0.2, -0.15) is 14.1 Å². The summed E-state index contributed by atoms with van der Waals surface area (Å²) in [6.07, 6.45) is 4.13. The molecule has 5 aromatic heterocycles. The molecule has 74 heavy (non-hydrogen) atoms. The van der Waals surface area contributed by atoms with Gasteiger partial charge in [0.1, 0.15) is 22.1 Å². The van der Waals surface area contributed by atoms with Gasteiger partial charge in [0.25, 0.3) is 5.82 Å². The highest BCUT2D eigenvalue weighted by atomic mass is 32.1. The van der Waals surface area contributed by atoms with Crippen molar-refractivity contribution in [2.24, 2.45) is 0 Å². The molecule has 0 saturated carbocycles. The number of rotatable bonds is 8. The molecule has 1 unspecified atom stereocenters. The van der Waals surface area contributed by atoms with Crippen LogP contribution in [-0.2, 0) is 11.1 Å². The zero-order valence-electron chi connectivity index (χ0n) is 48.7. The van der Waals surface area contributed by atoms with E-state index in [-0.39, 0.29) is 11.8 Å². The largest absolute Gasteiger partial charge is 0.456 e. The summed E-state index contributed by atoms with van der Waals surface area (Å²) in [5, 5.41) is 0.985. The van der Waals surface area contributed by atoms with Crippen molar-refractivity contribution < 1.29 is 18.0 Å². The van der Waals surface area contributed by atoms with Crippen molar-refractivity contribution in [1.82, 2.24) is 18.9 Å². The Bertz CT molecular complexity index is 4140. The van der Waals surface area contributed by atoms with Crippen molar-refractivity contribution in [2.45, 2.75) is 157 Å². The molecule has 5 aromatic carbocycles. The first-order valence-electron chi connectivity index (χ1n) is 28.6. The molecule has 0 saturated heterocycles. The van der Waals surface area contributed by atoms with Crippen LogP contribution in [0.3, 0.4) is 0 Å². The number of pyridine rings is 2. The number of aryl methyl sites for hydroxylation is 1. The summed E-state index contributed by atoms with van der Waals surface area (Å²) in [5.74, 6) is 5.11. The Balaban J connectivity index is 1.16. The molecule has 0 aliphatic carbocycles. The number of thiazole rings is 1. The van der Waals surface area contributed by atoms with Crippen LogP contribution in [0.15, 0.2) is 97.3 Å². The van der Waals surface area contributed by atoms with E-state index < -0.39 is 17.9 Å². The predicted molar refractivity (Wildman–Crippen MR) is 305 cm³/mol. The standard InChI is InChI=1S/C66H70N6OS/c1-33(2)41-25-43(35(5)6)56(44(26-41)36(7)8)40-20-21-48-51(29-40)71-50-22-23-53-60-61(50)72(64(71)68-48)55-19-17-18-24-69(55)66(60)59-54(73-53)31-49-62(58(59)52-30-47(65(14,15)16)39(13)32-70(52)66)74-63(67-49)57-45(37(9)10)27-42(34(3)4)28-46(57)38(11)12/h17-38H,1-16H3/q+2/i13D3. The van der Waals surface area contributed by atoms with E-state index >= 15 is 0 Å². The van der Waals surface area contributed by atoms with Crippen molar-refractivity contribution in [2.75, 3.05) is 0 Å². The Morgan fingerprint density at radius 2 is 1.27 bits per heavy atom. The number of hydrogen-bond donors (Lipinski definition) is 0. The van der Waals surface area contributed by atoms with Crippen LogP contribution in [0.2, 0.25) is 0 Å². The van der Waals surface area contributed by atoms with Crippen molar-refractivity contribution >= 4 is 49.4 Å². The minimum atomic E-state index is -2.41. The second-order valence-electron chi connectivity index (χ2n) is 24.5. The molecular formula is C66H70N6OS+2. The van der Waals surface area contributed by atoms with Crippen LogP contribution in [0.25, 0.3) is 76.8 Å². The number of ether oxygens (including phenoxy) is 1. The maximum absolute atomic E-state index is 9.21. The van der Waals surface area contributed by atoms with E-state index in [2.05, 4.69) is 213 Å². The molecule has 3 aliphatic heterocycles. The third kappa shape index (κ3) is 6.24. The summed E-state index contributed by atoms with van der Waals surface area (Å²) in [6, 6.07) is 31.5. The fraction of sp³-hybridized carbons (Fsp3) is 0.364. The third-order valence-electron chi connectivity index (χ3n) is 16.7. The summed E-state index contributed by atoms with van der Waals surface area (Å²) >= 11 is 1.75. The molecule has 13 rings (SSSR count).